The van der Waals surface area contributed by atoms with Gasteiger partial charge in [-0.15, -0.1) is 11.3 Å². The van der Waals surface area contributed by atoms with Gasteiger partial charge < -0.3 is 0 Å². The summed E-state index contributed by atoms with van der Waals surface area (Å²) >= 11 is 1.75. The molecule has 0 saturated heterocycles. The quantitative estimate of drug-likeness (QED) is 0.745. The van der Waals surface area contributed by atoms with Gasteiger partial charge in [0.25, 0.3) is 0 Å². The zero-order valence-electron chi connectivity index (χ0n) is 9.18. The molecular weight excluding hydrogens is 230 g/mol. The maximum atomic E-state index is 4.60. The summed E-state index contributed by atoms with van der Waals surface area (Å²) in [5, 5.41) is 10.8. The molecule has 1 aliphatic carbocycles. The second-order valence-corrected chi connectivity index (χ2v) is 5.38. The fourth-order valence-corrected chi connectivity index (χ4v) is 3.02. The summed E-state index contributed by atoms with van der Waals surface area (Å²) in [5.41, 5.74) is 1.15. The topological polar surface area (TPSA) is 41.6 Å². The summed E-state index contributed by atoms with van der Waals surface area (Å²) in [6, 6.07) is 8.40. The van der Waals surface area contributed by atoms with Crippen molar-refractivity contribution in [2.45, 2.75) is 18.8 Å². The SMILES string of the molecule is c1ccc2c(-c3n[nH]c(C4CC4)n3)csc2c1. The highest BCUT2D eigenvalue weighted by Gasteiger charge is 2.27. The number of hydrogen-bond acceptors (Lipinski definition) is 3. The van der Waals surface area contributed by atoms with Gasteiger partial charge in [0.15, 0.2) is 5.82 Å². The fraction of sp³-hybridized carbons (Fsp3) is 0.231. The average Bonchev–Trinajstić information content (AvgIpc) is 2.95. The molecule has 0 bridgehead atoms. The lowest BCUT2D eigenvalue weighted by atomic mass is 10.2. The largest absolute Gasteiger partial charge is 0.262 e. The first-order valence-electron chi connectivity index (χ1n) is 5.81. The molecule has 4 rings (SSSR count). The number of hydrogen-bond donors (Lipinski definition) is 1. The zero-order valence-corrected chi connectivity index (χ0v) is 10.00. The molecule has 17 heavy (non-hydrogen) atoms. The first-order valence-corrected chi connectivity index (χ1v) is 6.69. The molecule has 3 nitrogen and oxygen atoms in total. The van der Waals surface area contributed by atoms with E-state index in [0.29, 0.717) is 5.92 Å². The van der Waals surface area contributed by atoms with Crippen LogP contribution in [0.1, 0.15) is 24.6 Å². The minimum absolute atomic E-state index is 0.626. The van der Waals surface area contributed by atoms with E-state index in [1.54, 1.807) is 11.3 Å². The third kappa shape index (κ3) is 1.48. The zero-order chi connectivity index (χ0) is 11.2. The highest BCUT2D eigenvalue weighted by Crippen LogP contribution is 2.39. The number of thiophene rings is 1. The number of aromatic amines is 1. The molecule has 0 spiro atoms. The van der Waals surface area contributed by atoms with Crippen LogP contribution in [0.2, 0.25) is 0 Å². The third-order valence-corrected chi connectivity index (χ3v) is 4.15. The van der Waals surface area contributed by atoms with Gasteiger partial charge >= 0.3 is 0 Å². The van der Waals surface area contributed by atoms with Crippen LogP contribution in [-0.2, 0) is 0 Å². The van der Waals surface area contributed by atoms with E-state index >= 15 is 0 Å². The van der Waals surface area contributed by atoms with E-state index in [2.05, 4.69) is 44.8 Å². The van der Waals surface area contributed by atoms with Crippen LogP contribution in [0, 0.1) is 0 Å². The summed E-state index contributed by atoms with van der Waals surface area (Å²) in [4.78, 5) is 4.60. The number of rotatable bonds is 2. The van der Waals surface area contributed by atoms with Crippen molar-refractivity contribution in [1.29, 1.82) is 0 Å². The smallest absolute Gasteiger partial charge is 0.182 e. The monoisotopic (exact) mass is 241 g/mol. The molecule has 4 heteroatoms. The highest BCUT2D eigenvalue weighted by molar-refractivity contribution is 7.17. The van der Waals surface area contributed by atoms with Gasteiger partial charge in [-0.3, -0.25) is 5.10 Å². The summed E-state index contributed by atoms with van der Waals surface area (Å²) < 4.78 is 1.29. The van der Waals surface area contributed by atoms with Gasteiger partial charge in [-0.2, -0.15) is 5.10 Å². The fourth-order valence-electron chi connectivity index (χ4n) is 2.09. The van der Waals surface area contributed by atoms with E-state index < -0.39 is 0 Å². The highest BCUT2D eigenvalue weighted by atomic mass is 32.1. The third-order valence-electron chi connectivity index (χ3n) is 3.19. The number of fused-ring (bicyclic) bond motifs is 1. The van der Waals surface area contributed by atoms with Crippen LogP contribution in [0.25, 0.3) is 21.5 Å². The Morgan fingerprint density at radius 2 is 2.12 bits per heavy atom. The van der Waals surface area contributed by atoms with Gasteiger partial charge in [-0.25, -0.2) is 4.98 Å². The summed E-state index contributed by atoms with van der Waals surface area (Å²) in [6.07, 6.45) is 2.50. The molecule has 0 atom stereocenters. The maximum absolute atomic E-state index is 4.60. The van der Waals surface area contributed by atoms with Gasteiger partial charge in [0, 0.05) is 26.9 Å². The number of benzene rings is 1. The second-order valence-electron chi connectivity index (χ2n) is 4.46. The van der Waals surface area contributed by atoms with Crippen molar-refractivity contribution in [2.24, 2.45) is 0 Å². The molecule has 1 aliphatic rings. The normalized spacial score (nSPS) is 15.5. The molecule has 1 saturated carbocycles. The molecule has 2 aromatic heterocycles. The van der Waals surface area contributed by atoms with E-state index in [1.165, 1.54) is 22.9 Å². The Bertz CT molecular complexity index is 679. The van der Waals surface area contributed by atoms with Crippen molar-refractivity contribution in [3.8, 4) is 11.4 Å². The van der Waals surface area contributed by atoms with Crippen LogP contribution < -0.4 is 0 Å². The number of nitrogens with zero attached hydrogens (tertiary/aromatic N) is 2. The van der Waals surface area contributed by atoms with Crippen LogP contribution in [-0.4, -0.2) is 15.2 Å². The van der Waals surface area contributed by atoms with Crippen LogP contribution in [0.5, 0.6) is 0 Å². The molecule has 0 unspecified atom stereocenters. The summed E-state index contributed by atoms with van der Waals surface area (Å²) in [7, 11) is 0. The van der Waals surface area contributed by atoms with Crippen molar-refractivity contribution in [3.05, 3.63) is 35.5 Å². The standard InChI is InChI=1S/C13H11N3S/c1-2-4-11-9(3-1)10(7-17-11)13-14-12(15-16-13)8-5-6-8/h1-4,7-8H,5-6H2,(H,14,15,16). The molecule has 1 N–H and O–H groups in total. The van der Waals surface area contributed by atoms with E-state index in [9.17, 15) is 0 Å². The molecule has 0 radical (unpaired) electrons. The average molecular weight is 241 g/mol. The van der Waals surface area contributed by atoms with E-state index in [4.69, 9.17) is 0 Å². The van der Waals surface area contributed by atoms with Crippen LogP contribution >= 0.6 is 11.3 Å². The predicted octanol–water partition coefficient (Wildman–Crippen LogP) is 3.56. The molecule has 0 amide bonds. The van der Waals surface area contributed by atoms with E-state index in [-0.39, 0.29) is 0 Å². The molecule has 1 fully saturated rings. The van der Waals surface area contributed by atoms with E-state index in [1.807, 2.05) is 0 Å². The number of nitrogens with one attached hydrogen (secondary N) is 1. The lowest BCUT2D eigenvalue weighted by Gasteiger charge is -1.92. The molecular formula is C13H11N3S. The Hall–Kier alpha value is -1.68. The van der Waals surface area contributed by atoms with Gasteiger partial charge in [0.05, 0.1) is 0 Å². The van der Waals surface area contributed by atoms with Crippen molar-refractivity contribution >= 4 is 21.4 Å². The Labute approximate surface area is 103 Å². The maximum Gasteiger partial charge on any atom is 0.182 e. The van der Waals surface area contributed by atoms with Crippen molar-refractivity contribution < 1.29 is 0 Å². The van der Waals surface area contributed by atoms with Crippen LogP contribution in [0.15, 0.2) is 29.6 Å². The Kier molecular flexibility index (Phi) is 1.87. The van der Waals surface area contributed by atoms with E-state index in [0.717, 1.165) is 17.2 Å². The van der Waals surface area contributed by atoms with Gasteiger partial charge in [0.1, 0.15) is 5.82 Å². The molecule has 3 aromatic rings. The van der Waals surface area contributed by atoms with Crippen LogP contribution in [0.4, 0.5) is 0 Å². The molecule has 0 aliphatic heterocycles. The minimum atomic E-state index is 0.626. The second kappa shape index (κ2) is 3.40. The lowest BCUT2D eigenvalue weighted by molar-refractivity contribution is 0.935. The van der Waals surface area contributed by atoms with Gasteiger partial charge in [0.2, 0.25) is 0 Å². The van der Waals surface area contributed by atoms with Crippen molar-refractivity contribution in [2.75, 3.05) is 0 Å². The molecule has 2 heterocycles. The molecule has 84 valence electrons. The van der Waals surface area contributed by atoms with Crippen LogP contribution in [0.3, 0.4) is 0 Å². The predicted molar refractivity (Wildman–Crippen MR) is 69.2 cm³/mol. The Morgan fingerprint density at radius 1 is 1.24 bits per heavy atom. The number of aromatic nitrogens is 3. The Morgan fingerprint density at radius 3 is 3.00 bits per heavy atom. The van der Waals surface area contributed by atoms with Gasteiger partial charge in [-0.05, 0) is 18.9 Å². The summed E-state index contributed by atoms with van der Waals surface area (Å²) in [5.74, 6) is 2.51. The first-order chi connectivity index (χ1) is 8.42. The first kappa shape index (κ1) is 9.36. The Balaban J connectivity index is 1.86. The molecule has 1 aromatic carbocycles. The lowest BCUT2D eigenvalue weighted by Crippen LogP contribution is -1.81. The number of H-pyrrole nitrogens is 1. The minimum Gasteiger partial charge on any atom is -0.262 e. The van der Waals surface area contributed by atoms with Crippen molar-refractivity contribution in [1.82, 2.24) is 15.2 Å². The summed E-state index contributed by atoms with van der Waals surface area (Å²) in [6.45, 7) is 0. The van der Waals surface area contributed by atoms with Crippen molar-refractivity contribution in [3.63, 3.8) is 0 Å². The van der Waals surface area contributed by atoms with Gasteiger partial charge in [-0.1, -0.05) is 18.2 Å².